The molecular weight excluding hydrogens is 417 g/mol. The summed E-state index contributed by atoms with van der Waals surface area (Å²) < 4.78 is 43.9. The lowest BCUT2D eigenvalue weighted by Gasteiger charge is -2.34. The Kier molecular flexibility index (Phi) is 8.18. The number of nitrogens with zero attached hydrogens (tertiary/aromatic N) is 2. The smallest absolute Gasteiger partial charge is 0.416 e. The average molecular weight is 449 g/mol. The van der Waals surface area contributed by atoms with Crippen molar-refractivity contribution in [3.05, 3.63) is 65.2 Å². The molecule has 1 aliphatic rings. The Balaban J connectivity index is 1.47. The Morgan fingerprint density at radius 1 is 1.16 bits per heavy atom. The minimum Gasteiger partial charge on any atom is -0.497 e. The van der Waals surface area contributed by atoms with E-state index in [-0.39, 0.29) is 5.91 Å². The van der Waals surface area contributed by atoms with Gasteiger partial charge in [0.2, 0.25) is 5.91 Å². The Hall–Kier alpha value is -2.54. The van der Waals surface area contributed by atoms with Gasteiger partial charge in [0.15, 0.2) is 0 Å². The molecule has 0 radical (unpaired) electrons. The summed E-state index contributed by atoms with van der Waals surface area (Å²) in [6.07, 6.45) is -1.28. The minimum atomic E-state index is -4.31. The van der Waals surface area contributed by atoms with Crippen molar-refractivity contribution in [2.75, 3.05) is 40.3 Å². The van der Waals surface area contributed by atoms with Gasteiger partial charge in [-0.3, -0.25) is 4.79 Å². The molecule has 0 spiro atoms. The van der Waals surface area contributed by atoms with Gasteiger partial charge in [0.05, 0.1) is 19.1 Å². The van der Waals surface area contributed by atoms with Gasteiger partial charge in [-0.2, -0.15) is 13.2 Å². The van der Waals surface area contributed by atoms with Gasteiger partial charge in [0.25, 0.3) is 0 Å². The number of alkyl halides is 3. The fourth-order valence-electron chi connectivity index (χ4n) is 4.24. The summed E-state index contributed by atoms with van der Waals surface area (Å²) in [4.78, 5) is 16.7. The molecule has 0 aliphatic carbocycles. The molecular formula is C25H31F3N2O2. The number of carbonyl (C=O) groups excluding carboxylic acids is 1. The first-order chi connectivity index (χ1) is 15.2. The lowest BCUT2D eigenvalue weighted by Crippen LogP contribution is -2.42. The van der Waals surface area contributed by atoms with Crippen molar-refractivity contribution in [3.8, 4) is 5.75 Å². The molecule has 1 heterocycles. The lowest BCUT2D eigenvalue weighted by molar-refractivity contribution is -0.137. The maximum Gasteiger partial charge on any atom is 0.416 e. The zero-order valence-corrected chi connectivity index (χ0v) is 18.7. The second-order valence-corrected chi connectivity index (χ2v) is 8.56. The van der Waals surface area contributed by atoms with E-state index in [1.807, 2.05) is 31.3 Å². The van der Waals surface area contributed by atoms with Crippen LogP contribution < -0.4 is 4.74 Å². The third kappa shape index (κ3) is 6.99. The first-order valence-electron chi connectivity index (χ1n) is 11.0. The van der Waals surface area contributed by atoms with Gasteiger partial charge >= 0.3 is 6.18 Å². The van der Waals surface area contributed by atoms with E-state index in [9.17, 15) is 18.0 Å². The number of rotatable bonds is 8. The molecule has 1 amide bonds. The SMILES string of the molecule is COc1ccc(CC(=O)N(C)C[C@@H]2CCCN(CCc3cccc(C(F)(F)F)c3)C2)cc1. The van der Waals surface area contributed by atoms with Crippen LogP contribution in [0.4, 0.5) is 13.2 Å². The first kappa shape index (κ1) is 24.1. The van der Waals surface area contributed by atoms with Crippen LogP contribution in [0.25, 0.3) is 0 Å². The highest BCUT2D eigenvalue weighted by Crippen LogP contribution is 2.29. The number of benzene rings is 2. The molecule has 32 heavy (non-hydrogen) atoms. The normalized spacial score (nSPS) is 17.2. The van der Waals surface area contributed by atoms with Crippen LogP contribution in [0.2, 0.25) is 0 Å². The van der Waals surface area contributed by atoms with E-state index in [2.05, 4.69) is 4.90 Å². The fourth-order valence-corrected chi connectivity index (χ4v) is 4.24. The third-order valence-corrected chi connectivity index (χ3v) is 6.05. The number of methoxy groups -OCH3 is 1. The number of carbonyl (C=O) groups is 1. The standard InChI is InChI=1S/C25H31F3N2O2/c1-29(24(31)16-20-8-10-23(32-2)11-9-20)17-21-6-4-13-30(18-21)14-12-19-5-3-7-22(15-19)25(26,27)28/h3,5,7-11,15,21H,4,6,12-14,16-18H2,1-2H3/t21-/m0/s1. The van der Waals surface area contributed by atoms with Gasteiger partial charge in [-0.1, -0.05) is 30.3 Å². The molecule has 1 saturated heterocycles. The van der Waals surface area contributed by atoms with Crippen molar-refractivity contribution in [2.24, 2.45) is 5.92 Å². The number of likely N-dealkylation sites (N-methyl/N-ethyl adjacent to an activating group) is 1. The topological polar surface area (TPSA) is 32.8 Å². The molecule has 0 saturated carbocycles. The number of hydrogen-bond donors (Lipinski definition) is 0. The number of halogens is 3. The fraction of sp³-hybridized carbons (Fsp3) is 0.480. The quantitative estimate of drug-likeness (QED) is 0.589. The van der Waals surface area contributed by atoms with Crippen molar-refractivity contribution in [2.45, 2.75) is 31.9 Å². The van der Waals surface area contributed by atoms with E-state index < -0.39 is 11.7 Å². The number of ether oxygens (including phenoxy) is 1. The largest absolute Gasteiger partial charge is 0.497 e. The number of amides is 1. The summed E-state index contributed by atoms with van der Waals surface area (Å²) in [5.74, 6) is 1.22. The van der Waals surface area contributed by atoms with Crippen LogP contribution in [0.5, 0.6) is 5.75 Å². The maximum absolute atomic E-state index is 12.9. The molecule has 4 nitrogen and oxygen atoms in total. The Morgan fingerprint density at radius 2 is 1.91 bits per heavy atom. The van der Waals surface area contributed by atoms with Gasteiger partial charge in [0.1, 0.15) is 5.75 Å². The van der Waals surface area contributed by atoms with Gasteiger partial charge in [-0.05, 0) is 61.1 Å². The van der Waals surface area contributed by atoms with Crippen molar-refractivity contribution in [1.29, 1.82) is 0 Å². The summed E-state index contributed by atoms with van der Waals surface area (Å²) >= 11 is 0. The molecule has 0 unspecified atom stereocenters. The molecule has 3 rings (SSSR count). The van der Waals surface area contributed by atoms with E-state index >= 15 is 0 Å². The summed E-state index contributed by atoms with van der Waals surface area (Å²) in [6, 6.07) is 13.1. The van der Waals surface area contributed by atoms with E-state index in [0.717, 1.165) is 49.9 Å². The second-order valence-electron chi connectivity index (χ2n) is 8.56. The predicted molar refractivity (Wildman–Crippen MR) is 119 cm³/mol. The van der Waals surface area contributed by atoms with Crippen LogP contribution >= 0.6 is 0 Å². The highest BCUT2D eigenvalue weighted by Gasteiger charge is 2.30. The van der Waals surface area contributed by atoms with Crippen LogP contribution in [0.15, 0.2) is 48.5 Å². The van der Waals surface area contributed by atoms with E-state index in [1.54, 1.807) is 18.1 Å². The van der Waals surface area contributed by atoms with Crippen LogP contribution in [0.1, 0.15) is 29.5 Å². The van der Waals surface area contributed by atoms with Crippen molar-refractivity contribution >= 4 is 5.91 Å². The van der Waals surface area contributed by atoms with Crippen LogP contribution in [0.3, 0.4) is 0 Å². The Morgan fingerprint density at radius 3 is 2.59 bits per heavy atom. The van der Waals surface area contributed by atoms with Crippen LogP contribution in [-0.2, 0) is 23.8 Å². The van der Waals surface area contributed by atoms with E-state index in [4.69, 9.17) is 4.74 Å². The monoisotopic (exact) mass is 448 g/mol. The van der Waals surface area contributed by atoms with Crippen LogP contribution in [-0.4, -0.2) is 56.0 Å². The minimum absolute atomic E-state index is 0.0799. The molecule has 2 aromatic rings. The average Bonchev–Trinajstić information content (AvgIpc) is 2.78. The molecule has 7 heteroatoms. The molecule has 174 valence electrons. The molecule has 2 aromatic carbocycles. The molecule has 0 N–H and O–H groups in total. The molecule has 0 aromatic heterocycles. The summed E-state index contributed by atoms with van der Waals surface area (Å²) in [5, 5.41) is 0. The highest BCUT2D eigenvalue weighted by atomic mass is 19.4. The molecule has 0 bridgehead atoms. The predicted octanol–water partition coefficient (Wildman–Crippen LogP) is 4.67. The zero-order valence-electron chi connectivity index (χ0n) is 18.7. The molecule has 1 fully saturated rings. The summed E-state index contributed by atoms with van der Waals surface area (Å²) in [5.41, 5.74) is 1.06. The summed E-state index contributed by atoms with van der Waals surface area (Å²) in [7, 11) is 3.45. The summed E-state index contributed by atoms with van der Waals surface area (Å²) in [6.45, 7) is 3.22. The van der Waals surface area contributed by atoms with Gasteiger partial charge in [0, 0.05) is 26.7 Å². The van der Waals surface area contributed by atoms with Gasteiger partial charge in [-0.15, -0.1) is 0 Å². The van der Waals surface area contributed by atoms with Crippen molar-refractivity contribution in [3.63, 3.8) is 0 Å². The van der Waals surface area contributed by atoms with Gasteiger partial charge < -0.3 is 14.5 Å². The number of hydrogen-bond acceptors (Lipinski definition) is 3. The lowest BCUT2D eigenvalue weighted by atomic mass is 9.96. The molecule has 1 aliphatic heterocycles. The Bertz CT molecular complexity index is 884. The third-order valence-electron chi connectivity index (χ3n) is 6.05. The van der Waals surface area contributed by atoms with Gasteiger partial charge in [-0.25, -0.2) is 0 Å². The number of likely N-dealkylation sites (tertiary alicyclic amines) is 1. The van der Waals surface area contributed by atoms with E-state index in [1.165, 1.54) is 12.1 Å². The molecule has 1 atom stereocenters. The second kappa shape index (κ2) is 10.9. The zero-order chi connectivity index (χ0) is 23.1. The van der Waals surface area contributed by atoms with E-state index in [0.29, 0.717) is 30.9 Å². The van der Waals surface area contributed by atoms with Crippen molar-refractivity contribution < 1.29 is 22.7 Å². The number of piperidine rings is 1. The van der Waals surface area contributed by atoms with Crippen molar-refractivity contribution in [1.82, 2.24) is 9.80 Å². The highest BCUT2D eigenvalue weighted by molar-refractivity contribution is 5.78. The maximum atomic E-state index is 12.9. The Labute approximate surface area is 188 Å². The van der Waals surface area contributed by atoms with Crippen LogP contribution in [0, 0.1) is 5.92 Å². The first-order valence-corrected chi connectivity index (χ1v) is 11.0.